The number of carbonyl (C=O) groups is 1. The second-order valence-corrected chi connectivity index (χ2v) is 9.91. The van der Waals surface area contributed by atoms with Crippen molar-refractivity contribution in [3.63, 3.8) is 0 Å². The lowest BCUT2D eigenvalue weighted by atomic mass is 9.44. The number of fused-ring (bicyclic) bond motifs is 5. The summed E-state index contributed by atoms with van der Waals surface area (Å²) in [6, 6.07) is 0. The third-order valence-electron chi connectivity index (χ3n) is 9.14. The number of hydrogen-bond acceptors (Lipinski definition) is 3. The first-order valence-corrected chi connectivity index (χ1v) is 10.2. The van der Waals surface area contributed by atoms with Crippen LogP contribution in [0.2, 0.25) is 0 Å². The Labute approximate surface area is 146 Å². The molecule has 3 heteroatoms. The predicted molar refractivity (Wildman–Crippen MR) is 93.3 cm³/mol. The summed E-state index contributed by atoms with van der Waals surface area (Å²) >= 11 is 0. The van der Waals surface area contributed by atoms with Crippen molar-refractivity contribution >= 4 is 5.78 Å². The molecule has 4 fully saturated rings. The molecule has 0 saturated heterocycles. The van der Waals surface area contributed by atoms with Crippen molar-refractivity contribution in [2.24, 2.45) is 40.4 Å². The Balaban J connectivity index is 1.64. The minimum Gasteiger partial charge on any atom is -0.390 e. The van der Waals surface area contributed by atoms with Gasteiger partial charge in [0, 0.05) is 12.3 Å². The third kappa shape index (κ3) is 2.13. The van der Waals surface area contributed by atoms with Crippen molar-refractivity contribution in [2.45, 2.75) is 84.3 Å². The molecule has 0 spiro atoms. The van der Waals surface area contributed by atoms with Gasteiger partial charge in [-0.25, -0.2) is 0 Å². The van der Waals surface area contributed by atoms with Crippen LogP contribution in [0.15, 0.2) is 0 Å². The zero-order valence-electron chi connectivity index (χ0n) is 15.5. The van der Waals surface area contributed by atoms with E-state index in [1.165, 1.54) is 25.7 Å². The van der Waals surface area contributed by atoms with E-state index >= 15 is 0 Å². The third-order valence-corrected chi connectivity index (χ3v) is 9.14. The fourth-order valence-electron chi connectivity index (χ4n) is 7.86. The van der Waals surface area contributed by atoms with Crippen LogP contribution in [-0.2, 0) is 4.79 Å². The Morgan fingerprint density at radius 3 is 2.50 bits per heavy atom. The number of hydrogen-bond donors (Lipinski definition) is 2. The average molecular weight is 335 g/mol. The zero-order chi connectivity index (χ0) is 17.3. The van der Waals surface area contributed by atoms with Crippen LogP contribution < -0.4 is 0 Å². The summed E-state index contributed by atoms with van der Waals surface area (Å²) in [5.74, 6) is 3.15. The first-order chi connectivity index (χ1) is 11.3. The summed E-state index contributed by atoms with van der Waals surface area (Å²) in [6.07, 6.45) is 6.96. The molecule has 0 aromatic rings. The molecule has 3 unspecified atom stereocenters. The monoisotopic (exact) mass is 334 g/mol. The zero-order valence-corrected chi connectivity index (χ0v) is 15.5. The molecule has 4 aliphatic rings. The van der Waals surface area contributed by atoms with Crippen molar-refractivity contribution in [1.29, 1.82) is 0 Å². The average Bonchev–Trinajstić information content (AvgIpc) is 2.78. The number of rotatable bonds is 1. The van der Waals surface area contributed by atoms with Gasteiger partial charge in [0.2, 0.25) is 0 Å². The molecule has 9 atom stereocenters. The fraction of sp³-hybridized carbons (Fsp3) is 0.952. The summed E-state index contributed by atoms with van der Waals surface area (Å²) < 4.78 is 0. The van der Waals surface area contributed by atoms with Crippen LogP contribution in [0.4, 0.5) is 0 Å². The maximum Gasteiger partial charge on any atom is 0.136 e. The minimum absolute atomic E-state index is 0.149. The maximum atomic E-state index is 12.6. The van der Waals surface area contributed by atoms with Gasteiger partial charge in [0.25, 0.3) is 0 Å². The summed E-state index contributed by atoms with van der Waals surface area (Å²) in [4.78, 5) is 12.6. The molecule has 0 aromatic heterocycles. The molecule has 0 aromatic carbocycles. The van der Waals surface area contributed by atoms with Gasteiger partial charge in [-0.1, -0.05) is 20.8 Å². The van der Waals surface area contributed by atoms with Gasteiger partial charge in [-0.05, 0) is 79.4 Å². The van der Waals surface area contributed by atoms with Crippen molar-refractivity contribution in [1.82, 2.24) is 0 Å². The van der Waals surface area contributed by atoms with Gasteiger partial charge < -0.3 is 10.2 Å². The highest BCUT2D eigenvalue weighted by atomic mass is 16.3. The molecule has 2 N–H and O–H groups in total. The van der Waals surface area contributed by atoms with Gasteiger partial charge in [0.05, 0.1) is 12.2 Å². The van der Waals surface area contributed by atoms with E-state index in [4.69, 9.17) is 0 Å². The molecule has 24 heavy (non-hydrogen) atoms. The fourth-order valence-corrected chi connectivity index (χ4v) is 7.86. The summed E-state index contributed by atoms with van der Waals surface area (Å²) in [7, 11) is 0. The van der Waals surface area contributed by atoms with Crippen molar-refractivity contribution in [2.75, 3.05) is 0 Å². The molecule has 4 rings (SSSR count). The number of ketones is 1. The van der Waals surface area contributed by atoms with Crippen LogP contribution in [-0.4, -0.2) is 28.2 Å². The maximum absolute atomic E-state index is 12.6. The van der Waals surface area contributed by atoms with Gasteiger partial charge >= 0.3 is 0 Å². The Hall–Kier alpha value is -0.410. The van der Waals surface area contributed by atoms with E-state index in [9.17, 15) is 15.0 Å². The lowest BCUT2D eigenvalue weighted by Gasteiger charge is -2.61. The molecule has 0 radical (unpaired) electrons. The largest absolute Gasteiger partial charge is 0.390 e. The molecule has 4 saturated carbocycles. The highest BCUT2D eigenvalue weighted by Gasteiger charge is 2.62. The second kappa shape index (κ2) is 5.54. The Morgan fingerprint density at radius 1 is 1.04 bits per heavy atom. The smallest absolute Gasteiger partial charge is 0.136 e. The number of aliphatic hydroxyl groups excluding tert-OH is 2. The first kappa shape index (κ1) is 17.0. The van der Waals surface area contributed by atoms with E-state index < -0.39 is 12.2 Å². The number of aliphatic hydroxyl groups is 2. The van der Waals surface area contributed by atoms with Crippen LogP contribution in [0.3, 0.4) is 0 Å². The minimum atomic E-state index is -0.563. The van der Waals surface area contributed by atoms with Crippen molar-refractivity contribution < 1.29 is 15.0 Å². The van der Waals surface area contributed by atoms with Gasteiger partial charge in [0.1, 0.15) is 5.78 Å². The van der Waals surface area contributed by atoms with Crippen molar-refractivity contribution in [3.05, 3.63) is 0 Å². The highest BCUT2D eigenvalue weighted by Crippen LogP contribution is 2.67. The first-order valence-electron chi connectivity index (χ1n) is 10.2. The van der Waals surface area contributed by atoms with Crippen LogP contribution in [0, 0.1) is 40.4 Å². The topological polar surface area (TPSA) is 57.5 Å². The molecule has 0 bridgehead atoms. The molecule has 0 heterocycles. The van der Waals surface area contributed by atoms with E-state index in [1.54, 1.807) is 0 Å². The van der Waals surface area contributed by atoms with Crippen molar-refractivity contribution in [3.8, 4) is 0 Å². The van der Waals surface area contributed by atoms with E-state index in [-0.39, 0.29) is 16.7 Å². The van der Waals surface area contributed by atoms with E-state index in [1.807, 2.05) is 0 Å². The number of Topliss-reactive ketones (excluding diaryl/α,β-unsaturated/α-hetero) is 1. The van der Waals surface area contributed by atoms with Crippen LogP contribution in [0.1, 0.15) is 72.1 Å². The van der Waals surface area contributed by atoms with Gasteiger partial charge in [-0.2, -0.15) is 0 Å². The lowest BCUT2D eigenvalue weighted by molar-refractivity contribution is -0.159. The Morgan fingerprint density at radius 2 is 1.79 bits per heavy atom. The summed E-state index contributed by atoms with van der Waals surface area (Å²) in [5.41, 5.74) is 0.360. The highest BCUT2D eigenvalue weighted by molar-refractivity contribution is 5.84. The van der Waals surface area contributed by atoms with Crippen LogP contribution in [0.25, 0.3) is 0 Å². The van der Waals surface area contributed by atoms with Gasteiger partial charge in [-0.3, -0.25) is 4.79 Å². The number of carbonyl (C=O) groups excluding carboxylic acids is 1. The Bertz CT molecular complexity index is 531. The standard InChI is InChI=1S/C21H34O3/c1-4-14-17(22)10-16-13-6-5-12-9-18(23)19(24)11-21(12,3)15(13)7-8-20(14,16)2/h12-16,18-19,23-24H,4-11H2,1-3H3/t12?,13-,14+,15+,16+,18?,19?,20-,21+/m1/s1. The van der Waals surface area contributed by atoms with Crippen LogP contribution >= 0.6 is 0 Å². The molecular formula is C21H34O3. The van der Waals surface area contributed by atoms with Gasteiger partial charge in [-0.15, -0.1) is 0 Å². The molecule has 3 nitrogen and oxygen atoms in total. The van der Waals surface area contributed by atoms with Crippen LogP contribution in [0.5, 0.6) is 0 Å². The molecule has 4 aliphatic carbocycles. The molecule has 0 aliphatic heterocycles. The molecular weight excluding hydrogens is 300 g/mol. The lowest BCUT2D eigenvalue weighted by Crippen LogP contribution is -2.56. The summed E-state index contributed by atoms with van der Waals surface area (Å²) in [6.45, 7) is 6.94. The Kier molecular flexibility index (Phi) is 3.93. The van der Waals surface area contributed by atoms with E-state index in [2.05, 4.69) is 20.8 Å². The molecule has 0 amide bonds. The normalized spacial score (nSPS) is 57.2. The van der Waals surface area contributed by atoms with Gasteiger partial charge in [0.15, 0.2) is 0 Å². The van der Waals surface area contributed by atoms with E-state index in [0.29, 0.717) is 29.5 Å². The SMILES string of the molecule is CC[C@H]1C(=O)C[C@H]2[C@@H]3CCC4CC(O)C(O)C[C@]4(C)[C@H]3CC[C@]12C. The second-order valence-electron chi connectivity index (χ2n) is 9.91. The van der Waals surface area contributed by atoms with E-state index in [0.717, 1.165) is 25.7 Å². The quantitative estimate of drug-likeness (QED) is 0.771. The summed E-state index contributed by atoms with van der Waals surface area (Å²) in [5, 5.41) is 20.5. The predicted octanol–water partition coefficient (Wildman–Crippen LogP) is 3.57. The molecule has 136 valence electrons.